The number of carbonyl (C=O) groups is 1. The van der Waals surface area contributed by atoms with Gasteiger partial charge in [-0.2, -0.15) is 4.31 Å². The van der Waals surface area contributed by atoms with Crippen LogP contribution in [0.1, 0.15) is 36.2 Å². The van der Waals surface area contributed by atoms with Gasteiger partial charge in [0, 0.05) is 30.8 Å². The number of sulfonamides is 1. The Kier molecular flexibility index (Phi) is 6.59. The Bertz CT molecular complexity index is 947. The molecule has 0 saturated carbocycles. The molecule has 1 heterocycles. The van der Waals surface area contributed by atoms with Gasteiger partial charge in [-0.3, -0.25) is 4.79 Å². The number of carbonyl (C=O) groups excluding carboxylic acids is 1. The number of para-hydroxylation sites is 1. The smallest absolute Gasteiger partial charge is 0.251 e. The quantitative estimate of drug-likeness (QED) is 0.784. The van der Waals surface area contributed by atoms with Gasteiger partial charge in [0.2, 0.25) is 10.0 Å². The first-order chi connectivity index (χ1) is 13.8. The van der Waals surface area contributed by atoms with Gasteiger partial charge in [-0.05, 0) is 48.6 Å². The van der Waals surface area contributed by atoms with Gasteiger partial charge < -0.3 is 10.1 Å². The molecule has 29 heavy (non-hydrogen) atoms. The lowest BCUT2D eigenvalue weighted by molar-refractivity contribution is 0.0950. The van der Waals surface area contributed by atoms with Crippen molar-refractivity contribution in [2.24, 2.45) is 11.8 Å². The molecule has 156 valence electrons. The highest BCUT2D eigenvalue weighted by Crippen LogP contribution is 2.26. The Morgan fingerprint density at radius 2 is 1.69 bits per heavy atom. The summed E-state index contributed by atoms with van der Waals surface area (Å²) in [6.07, 6.45) is 1.04. The third kappa shape index (κ3) is 4.97. The fraction of sp³-hybridized carbons (Fsp3) is 0.409. The largest absolute Gasteiger partial charge is 0.496 e. The topological polar surface area (TPSA) is 75.7 Å². The van der Waals surface area contributed by atoms with Gasteiger partial charge in [-0.25, -0.2) is 8.42 Å². The summed E-state index contributed by atoms with van der Waals surface area (Å²) in [5.74, 6) is 1.13. The van der Waals surface area contributed by atoms with Crippen LogP contribution in [0.2, 0.25) is 0 Å². The molecule has 2 aromatic carbocycles. The fourth-order valence-electron chi connectivity index (χ4n) is 3.86. The van der Waals surface area contributed by atoms with Crippen LogP contribution in [0, 0.1) is 11.8 Å². The third-order valence-electron chi connectivity index (χ3n) is 5.22. The molecule has 1 N–H and O–H groups in total. The van der Waals surface area contributed by atoms with E-state index in [0.717, 1.165) is 12.0 Å². The van der Waals surface area contributed by atoms with Crippen molar-refractivity contribution in [3.63, 3.8) is 0 Å². The van der Waals surface area contributed by atoms with Crippen molar-refractivity contribution < 1.29 is 17.9 Å². The lowest BCUT2D eigenvalue weighted by Crippen LogP contribution is -2.42. The highest BCUT2D eigenvalue weighted by molar-refractivity contribution is 7.89. The van der Waals surface area contributed by atoms with E-state index in [1.165, 1.54) is 12.1 Å². The van der Waals surface area contributed by atoms with E-state index >= 15 is 0 Å². The van der Waals surface area contributed by atoms with Crippen LogP contribution in [-0.2, 0) is 16.6 Å². The molecule has 7 heteroatoms. The van der Waals surface area contributed by atoms with E-state index in [0.29, 0.717) is 42.8 Å². The minimum absolute atomic E-state index is 0.222. The lowest BCUT2D eigenvalue weighted by atomic mass is 9.94. The number of hydrogen-bond donors (Lipinski definition) is 1. The van der Waals surface area contributed by atoms with Crippen molar-refractivity contribution in [1.29, 1.82) is 0 Å². The molecule has 1 aliphatic rings. The number of nitrogens with zero attached hydrogens (tertiary/aromatic N) is 1. The summed E-state index contributed by atoms with van der Waals surface area (Å²) < 4.78 is 32.7. The van der Waals surface area contributed by atoms with E-state index in [-0.39, 0.29) is 10.8 Å². The number of amides is 1. The van der Waals surface area contributed by atoms with Gasteiger partial charge in [0.25, 0.3) is 5.91 Å². The summed E-state index contributed by atoms with van der Waals surface area (Å²) >= 11 is 0. The van der Waals surface area contributed by atoms with Gasteiger partial charge in [-0.15, -0.1) is 0 Å². The van der Waals surface area contributed by atoms with Crippen LogP contribution in [0.3, 0.4) is 0 Å². The molecule has 1 aliphatic heterocycles. The molecule has 0 unspecified atom stereocenters. The Labute approximate surface area is 172 Å². The first-order valence-corrected chi connectivity index (χ1v) is 11.3. The molecular weight excluding hydrogens is 388 g/mol. The summed E-state index contributed by atoms with van der Waals surface area (Å²) in [7, 11) is -1.96. The third-order valence-corrected chi connectivity index (χ3v) is 7.07. The summed E-state index contributed by atoms with van der Waals surface area (Å²) in [5, 5.41) is 2.84. The SMILES string of the molecule is COc1ccccc1CNC(=O)c1ccc(S(=O)(=O)N2C[C@H](C)C[C@@H](C)C2)cc1. The fourth-order valence-corrected chi connectivity index (χ4v) is 5.54. The second-order valence-electron chi connectivity index (χ2n) is 7.79. The lowest BCUT2D eigenvalue weighted by Gasteiger charge is -2.34. The molecule has 0 aromatic heterocycles. The van der Waals surface area contributed by atoms with E-state index in [1.807, 2.05) is 24.3 Å². The second-order valence-corrected chi connectivity index (χ2v) is 9.72. The number of piperidine rings is 1. The number of benzene rings is 2. The van der Waals surface area contributed by atoms with Crippen molar-refractivity contribution >= 4 is 15.9 Å². The average Bonchev–Trinajstić information content (AvgIpc) is 2.71. The Hall–Kier alpha value is -2.38. The molecule has 2 aromatic rings. The van der Waals surface area contributed by atoms with Crippen molar-refractivity contribution in [3.8, 4) is 5.75 Å². The summed E-state index contributed by atoms with van der Waals surface area (Å²) in [4.78, 5) is 12.7. The molecule has 2 atom stereocenters. The van der Waals surface area contributed by atoms with Crippen molar-refractivity contribution in [2.45, 2.75) is 31.7 Å². The summed E-state index contributed by atoms with van der Waals surface area (Å²) in [6, 6.07) is 13.6. The van der Waals surface area contributed by atoms with Crippen LogP contribution in [0.4, 0.5) is 0 Å². The number of hydrogen-bond acceptors (Lipinski definition) is 4. The van der Waals surface area contributed by atoms with E-state index < -0.39 is 10.0 Å². The minimum Gasteiger partial charge on any atom is -0.496 e. The van der Waals surface area contributed by atoms with E-state index in [4.69, 9.17) is 4.74 Å². The molecule has 3 rings (SSSR count). The maximum absolute atomic E-state index is 13.0. The van der Waals surface area contributed by atoms with Crippen LogP contribution < -0.4 is 10.1 Å². The number of methoxy groups -OCH3 is 1. The summed E-state index contributed by atoms with van der Waals surface area (Å²) in [6.45, 7) is 5.55. The second kappa shape index (κ2) is 8.97. The van der Waals surface area contributed by atoms with E-state index in [9.17, 15) is 13.2 Å². The first-order valence-electron chi connectivity index (χ1n) is 9.81. The number of rotatable bonds is 6. The maximum Gasteiger partial charge on any atom is 0.251 e. The predicted octanol–water partition coefficient (Wildman–Crippen LogP) is 3.29. The molecule has 1 fully saturated rings. The van der Waals surface area contributed by atoms with E-state index in [1.54, 1.807) is 23.5 Å². The molecule has 0 radical (unpaired) electrons. The van der Waals surface area contributed by atoms with Crippen molar-refractivity contribution in [2.75, 3.05) is 20.2 Å². The molecule has 6 nitrogen and oxygen atoms in total. The number of ether oxygens (including phenoxy) is 1. The normalized spacial score (nSPS) is 20.2. The van der Waals surface area contributed by atoms with Gasteiger partial charge in [0.05, 0.1) is 12.0 Å². The monoisotopic (exact) mass is 416 g/mol. The Balaban J connectivity index is 1.68. The average molecular weight is 417 g/mol. The minimum atomic E-state index is -3.55. The molecule has 1 saturated heterocycles. The molecule has 0 spiro atoms. The van der Waals surface area contributed by atoms with Crippen molar-refractivity contribution in [1.82, 2.24) is 9.62 Å². The summed E-state index contributed by atoms with van der Waals surface area (Å²) in [5.41, 5.74) is 1.29. The van der Waals surface area contributed by atoms with Gasteiger partial charge >= 0.3 is 0 Å². The zero-order chi connectivity index (χ0) is 21.0. The van der Waals surface area contributed by atoms with E-state index in [2.05, 4.69) is 19.2 Å². The molecule has 0 bridgehead atoms. The van der Waals surface area contributed by atoms with Gasteiger partial charge in [0.15, 0.2) is 0 Å². The van der Waals surface area contributed by atoms with Crippen LogP contribution in [0.15, 0.2) is 53.4 Å². The Morgan fingerprint density at radius 3 is 2.31 bits per heavy atom. The number of nitrogens with one attached hydrogen (secondary N) is 1. The Morgan fingerprint density at radius 1 is 1.07 bits per heavy atom. The zero-order valence-corrected chi connectivity index (χ0v) is 17.9. The first kappa shape index (κ1) is 21.3. The van der Waals surface area contributed by atoms with Crippen LogP contribution >= 0.6 is 0 Å². The zero-order valence-electron chi connectivity index (χ0n) is 17.1. The standard InChI is InChI=1S/C22H28N2O4S/c1-16-12-17(2)15-24(14-16)29(26,27)20-10-8-18(9-11-20)22(25)23-13-19-6-4-5-7-21(19)28-3/h4-11,16-17H,12-15H2,1-3H3,(H,23,25)/t16-,17-/m1/s1. The highest BCUT2D eigenvalue weighted by atomic mass is 32.2. The molecule has 1 amide bonds. The predicted molar refractivity (Wildman–Crippen MR) is 112 cm³/mol. The van der Waals surface area contributed by atoms with Crippen molar-refractivity contribution in [3.05, 3.63) is 59.7 Å². The molecular formula is C22H28N2O4S. The van der Waals surface area contributed by atoms with Gasteiger partial charge in [-0.1, -0.05) is 32.0 Å². The van der Waals surface area contributed by atoms with Crippen LogP contribution in [-0.4, -0.2) is 38.8 Å². The maximum atomic E-state index is 13.0. The van der Waals surface area contributed by atoms with Crippen LogP contribution in [0.5, 0.6) is 5.75 Å². The van der Waals surface area contributed by atoms with Gasteiger partial charge in [0.1, 0.15) is 5.75 Å². The molecule has 0 aliphatic carbocycles. The highest BCUT2D eigenvalue weighted by Gasteiger charge is 2.31. The van der Waals surface area contributed by atoms with Crippen LogP contribution in [0.25, 0.3) is 0 Å².